The number of aromatic nitrogens is 2. The molecule has 0 atom stereocenters. The highest BCUT2D eigenvalue weighted by Crippen LogP contribution is 2.18. The summed E-state index contributed by atoms with van der Waals surface area (Å²) in [4.78, 5) is 27.5. The van der Waals surface area contributed by atoms with Crippen LogP contribution < -0.4 is 10.9 Å². The van der Waals surface area contributed by atoms with Crippen molar-refractivity contribution in [1.29, 1.82) is 0 Å². The maximum atomic E-state index is 12.0. The number of para-hydroxylation sites is 2. The van der Waals surface area contributed by atoms with Crippen LogP contribution in [0, 0.1) is 0 Å². The first-order valence-corrected chi connectivity index (χ1v) is 7.44. The van der Waals surface area contributed by atoms with Crippen LogP contribution in [-0.4, -0.2) is 28.2 Å². The van der Waals surface area contributed by atoms with Crippen molar-refractivity contribution in [2.45, 2.75) is 6.92 Å². The van der Waals surface area contributed by atoms with E-state index in [-0.39, 0.29) is 6.61 Å². The molecule has 122 valence electrons. The number of carbonyl (C=O) groups excluding carboxylic acids is 2. The zero-order valence-corrected chi connectivity index (χ0v) is 13.0. The monoisotopic (exact) mass is 324 g/mol. The van der Waals surface area contributed by atoms with Crippen molar-refractivity contribution >= 4 is 23.0 Å². The van der Waals surface area contributed by atoms with E-state index in [0.29, 0.717) is 5.56 Å². The molecule has 7 nitrogen and oxygen atoms in total. The first kappa shape index (κ1) is 15.5. The van der Waals surface area contributed by atoms with Crippen molar-refractivity contribution in [2.24, 2.45) is 0 Å². The number of carbonyl (C=O) groups is 2. The van der Waals surface area contributed by atoms with Gasteiger partial charge in [0.25, 0.3) is 5.91 Å². The van der Waals surface area contributed by atoms with Gasteiger partial charge in [0, 0.05) is 11.3 Å². The smallest absolute Gasteiger partial charge is 0.426 e. The number of amides is 2. The molecule has 0 fully saturated rings. The average Bonchev–Trinajstić information content (AvgIpc) is 3.04. The Morgan fingerprint density at radius 3 is 2.58 bits per heavy atom. The Balaban J connectivity index is 1.73. The van der Waals surface area contributed by atoms with Crippen LogP contribution in [-0.2, 0) is 4.74 Å². The number of ether oxygens (including phenoxy) is 1. The summed E-state index contributed by atoms with van der Waals surface area (Å²) >= 11 is 0. The fraction of sp³-hybridized carbons (Fsp3) is 0.118. The Bertz CT molecular complexity index is 871. The molecule has 0 saturated carbocycles. The van der Waals surface area contributed by atoms with Crippen LogP contribution in [0.4, 0.5) is 4.79 Å². The standard InChI is InChI=1S/C17H16N4O3/c1-2-24-17(23)20-19-16(22)12-7-9-13(10-8-12)21-11-18-14-5-3-4-6-15(14)21/h3-11H,2H2,1H3,(H,19,22)(H,20,23). The van der Waals surface area contributed by atoms with Gasteiger partial charge < -0.3 is 4.74 Å². The molecule has 2 N–H and O–H groups in total. The number of nitrogens with zero attached hydrogens (tertiary/aromatic N) is 2. The Morgan fingerprint density at radius 1 is 1.08 bits per heavy atom. The molecule has 0 aliphatic heterocycles. The van der Waals surface area contributed by atoms with E-state index < -0.39 is 12.0 Å². The summed E-state index contributed by atoms with van der Waals surface area (Å²) in [5, 5.41) is 0. The van der Waals surface area contributed by atoms with E-state index in [1.54, 1.807) is 25.4 Å². The molecule has 2 amide bonds. The molecule has 0 aliphatic carbocycles. The van der Waals surface area contributed by atoms with Crippen LogP contribution >= 0.6 is 0 Å². The summed E-state index contributed by atoms with van der Waals surface area (Å²) in [6.45, 7) is 1.91. The molecule has 0 spiro atoms. The number of fused-ring (bicyclic) bond motifs is 1. The van der Waals surface area contributed by atoms with Gasteiger partial charge in [-0.25, -0.2) is 15.2 Å². The van der Waals surface area contributed by atoms with E-state index in [1.165, 1.54) is 0 Å². The SMILES string of the molecule is CCOC(=O)NNC(=O)c1ccc(-n2cnc3ccccc32)cc1. The highest BCUT2D eigenvalue weighted by atomic mass is 16.5. The van der Waals surface area contributed by atoms with E-state index in [2.05, 4.69) is 20.6 Å². The molecule has 0 unspecified atom stereocenters. The Hall–Kier alpha value is -3.35. The molecular formula is C17H16N4O3. The van der Waals surface area contributed by atoms with Crippen molar-refractivity contribution in [2.75, 3.05) is 6.61 Å². The van der Waals surface area contributed by atoms with Gasteiger partial charge in [-0.15, -0.1) is 0 Å². The van der Waals surface area contributed by atoms with Gasteiger partial charge in [0.15, 0.2) is 0 Å². The van der Waals surface area contributed by atoms with Crippen LogP contribution in [0.15, 0.2) is 54.9 Å². The molecule has 24 heavy (non-hydrogen) atoms. The minimum absolute atomic E-state index is 0.231. The lowest BCUT2D eigenvalue weighted by atomic mass is 10.2. The highest BCUT2D eigenvalue weighted by Gasteiger charge is 2.09. The van der Waals surface area contributed by atoms with Gasteiger partial charge in [0.05, 0.1) is 17.6 Å². The lowest BCUT2D eigenvalue weighted by molar-refractivity contribution is 0.0912. The van der Waals surface area contributed by atoms with Crippen LogP contribution in [0.3, 0.4) is 0 Å². The van der Waals surface area contributed by atoms with Crippen molar-refractivity contribution in [3.8, 4) is 5.69 Å². The normalized spacial score (nSPS) is 10.4. The van der Waals surface area contributed by atoms with Crippen LogP contribution in [0.25, 0.3) is 16.7 Å². The summed E-state index contributed by atoms with van der Waals surface area (Å²) in [5.41, 5.74) is 7.65. The van der Waals surface area contributed by atoms with Crippen molar-refractivity contribution in [3.05, 3.63) is 60.4 Å². The fourth-order valence-electron chi connectivity index (χ4n) is 2.29. The van der Waals surface area contributed by atoms with Crippen LogP contribution in [0.2, 0.25) is 0 Å². The molecule has 1 aromatic heterocycles. The minimum atomic E-state index is -0.702. The molecule has 2 aromatic carbocycles. The van der Waals surface area contributed by atoms with E-state index in [9.17, 15) is 9.59 Å². The predicted octanol–water partition coefficient (Wildman–Crippen LogP) is 2.42. The molecule has 1 heterocycles. The third-order valence-corrected chi connectivity index (χ3v) is 3.41. The highest BCUT2D eigenvalue weighted by molar-refractivity contribution is 5.95. The summed E-state index contributed by atoms with van der Waals surface area (Å²) < 4.78 is 6.60. The third-order valence-electron chi connectivity index (χ3n) is 3.41. The lowest BCUT2D eigenvalue weighted by Crippen LogP contribution is -2.41. The maximum absolute atomic E-state index is 12.0. The fourth-order valence-corrected chi connectivity index (χ4v) is 2.29. The van der Waals surface area contributed by atoms with Gasteiger partial charge in [-0.3, -0.25) is 14.8 Å². The molecular weight excluding hydrogens is 308 g/mol. The molecule has 0 radical (unpaired) electrons. The first-order valence-electron chi connectivity index (χ1n) is 7.44. The van der Waals surface area contributed by atoms with Gasteiger partial charge in [0.2, 0.25) is 0 Å². The summed E-state index contributed by atoms with van der Waals surface area (Å²) in [6, 6.07) is 14.8. The van der Waals surface area contributed by atoms with Gasteiger partial charge in [-0.1, -0.05) is 12.1 Å². The molecule has 3 rings (SSSR count). The number of imidazole rings is 1. The predicted molar refractivity (Wildman–Crippen MR) is 88.7 cm³/mol. The number of hydrazine groups is 1. The molecule has 3 aromatic rings. The van der Waals surface area contributed by atoms with Gasteiger partial charge >= 0.3 is 6.09 Å². The molecule has 0 aliphatic rings. The minimum Gasteiger partial charge on any atom is -0.449 e. The topological polar surface area (TPSA) is 85.3 Å². The van der Waals surface area contributed by atoms with E-state index in [4.69, 9.17) is 0 Å². The third kappa shape index (κ3) is 3.19. The second kappa shape index (κ2) is 6.82. The van der Waals surface area contributed by atoms with E-state index in [0.717, 1.165) is 16.7 Å². The zero-order chi connectivity index (χ0) is 16.9. The number of hydrogen-bond acceptors (Lipinski definition) is 4. The second-order valence-corrected chi connectivity index (χ2v) is 4.95. The summed E-state index contributed by atoms with van der Waals surface area (Å²) in [7, 11) is 0. The Kier molecular flexibility index (Phi) is 4.42. The number of rotatable bonds is 3. The van der Waals surface area contributed by atoms with Crippen molar-refractivity contribution in [1.82, 2.24) is 20.4 Å². The molecule has 7 heteroatoms. The van der Waals surface area contributed by atoms with Gasteiger partial charge in [-0.05, 0) is 43.3 Å². The summed E-state index contributed by atoms with van der Waals surface area (Å²) in [6.07, 6.45) is 1.04. The Labute approximate surface area is 138 Å². The van der Waals surface area contributed by atoms with E-state index in [1.807, 2.05) is 41.0 Å². The largest absolute Gasteiger partial charge is 0.449 e. The number of benzene rings is 2. The van der Waals surface area contributed by atoms with Crippen LogP contribution in [0.1, 0.15) is 17.3 Å². The first-order chi connectivity index (χ1) is 11.7. The van der Waals surface area contributed by atoms with Gasteiger partial charge in [-0.2, -0.15) is 0 Å². The maximum Gasteiger partial charge on any atom is 0.426 e. The summed E-state index contributed by atoms with van der Waals surface area (Å²) in [5.74, 6) is -0.426. The number of hydrogen-bond donors (Lipinski definition) is 2. The zero-order valence-electron chi connectivity index (χ0n) is 13.0. The van der Waals surface area contributed by atoms with Gasteiger partial charge in [0.1, 0.15) is 6.33 Å². The Morgan fingerprint density at radius 2 is 1.83 bits per heavy atom. The van der Waals surface area contributed by atoms with Crippen LogP contribution in [0.5, 0.6) is 0 Å². The quantitative estimate of drug-likeness (QED) is 0.725. The molecule has 0 saturated heterocycles. The lowest BCUT2D eigenvalue weighted by Gasteiger charge is -2.08. The second-order valence-electron chi connectivity index (χ2n) is 4.95. The van der Waals surface area contributed by atoms with E-state index >= 15 is 0 Å². The van der Waals surface area contributed by atoms with Crippen molar-refractivity contribution in [3.63, 3.8) is 0 Å². The average molecular weight is 324 g/mol. The molecule has 0 bridgehead atoms. The van der Waals surface area contributed by atoms with Crippen molar-refractivity contribution < 1.29 is 14.3 Å². The number of nitrogens with one attached hydrogen (secondary N) is 2.